The zero-order valence-electron chi connectivity index (χ0n) is 8.75. The molecule has 0 bridgehead atoms. The van der Waals surface area contributed by atoms with Crippen molar-refractivity contribution in [2.24, 2.45) is 0 Å². The van der Waals surface area contributed by atoms with Crippen molar-refractivity contribution in [1.29, 1.82) is 0 Å². The summed E-state index contributed by atoms with van der Waals surface area (Å²) in [6.45, 7) is 0.601. The molecule has 0 spiro atoms. The summed E-state index contributed by atoms with van der Waals surface area (Å²) < 4.78 is 0. The molecule has 5 heteroatoms. The number of anilines is 1. The lowest BCUT2D eigenvalue weighted by Crippen LogP contribution is -2.27. The van der Waals surface area contributed by atoms with Crippen LogP contribution in [-0.4, -0.2) is 25.0 Å². The Morgan fingerprint density at radius 1 is 1.33 bits per heavy atom. The highest BCUT2D eigenvalue weighted by atomic mass is 35.5. The van der Waals surface area contributed by atoms with Crippen LogP contribution in [0.1, 0.15) is 5.56 Å². The van der Waals surface area contributed by atoms with Crippen LogP contribution < -0.4 is 10.2 Å². The van der Waals surface area contributed by atoms with E-state index in [4.69, 9.17) is 11.8 Å². The van der Waals surface area contributed by atoms with Gasteiger partial charge in [0.25, 0.3) is 0 Å². The van der Waals surface area contributed by atoms with Gasteiger partial charge in [-0.1, -0.05) is 12.1 Å². The summed E-state index contributed by atoms with van der Waals surface area (Å²) in [5, 5.41) is 2.74. The summed E-state index contributed by atoms with van der Waals surface area (Å²) >= 11 is 5.38. The summed E-state index contributed by atoms with van der Waals surface area (Å²) in [4.78, 5) is 15.3. The monoisotopic (exact) mass is 227 g/mol. The van der Waals surface area contributed by atoms with Gasteiger partial charge in [0.2, 0.25) is 0 Å². The highest BCUT2D eigenvalue weighted by molar-refractivity contribution is 6.13. The number of carbonyl (C=O) groups excluding carboxylic acids is 1. The topological polar surface area (TPSA) is 44.4 Å². The number of benzene rings is 1. The Morgan fingerprint density at radius 3 is 2.40 bits per heavy atom. The van der Waals surface area contributed by atoms with Crippen LogP contribution in [0.2, 0.25) is 0 Å². The third kappa shape index (κ3) is 3.77. The van der Waals surface area contributed by atoms with E-state index in [0.29, 0.717) is 6.54 Å². The molecular weight excluding hydrogens is 214 g/mol. The van der Waals surface area contributed by atoms with Crippen LogP contribution in [0.4, 0.5) is 10.5 Å². The van der Waals surface area contributed by atoms with E-state index in [0.717, 1.165) is 11.3 Å². The zero-order chi connectivity index (χ0) is 11.3. The van der Waals surface area contributed by atoms with Crippen molar-refractivity contribution in [2.45, 2.75) is 6.54 Å². The minimum atomic E-state index is -0.141. The van der Waals surface area contributed by atoms with Crippen molar-refractivity contribution in [3.63, 3.8) is 0 Å². The van der Waals surface area contributed by atoms with E-state index >= 15 is 0 Å². The van der Waals surface area contributed by atoms with Gasteiger partial charge in [-0.15, -0.1) is 0 Å². The van der Waals surface area contributed by atoms with Crippen molar-refractivity contribution < 1.29 is 4.79 Å². The molecule has 1 aromatic carbocycles. The fourth-order valence-electron chi connectivity index (χ4n) is 1.02. The molecule has 0 saturated heterocycles. The summed E-state index contributed by atoms with van der Waals surface area (Å²) in [7, 11) is 3.39. The third-order valence-electron chi connectivity index (χ3n) is 1.88. The second kappa shape index (κ2) is 5.58. The molecular formula is C10H14ClN3O. The van der Waals surface area contributed by atoms with Crippen molar-refractivity contribution in [3.05, 3.63) is 29.8 Å². The fraction of sp³-hybridized carbons (Fsp3) is 0.300. The number of carbonyl (C=O) groups is 1. The Morgan fingerprint density at radius 2 is 1.93 bits per heavy atom. The van der Waals surface area contributed by atoms with Crippen LogP contribution >= 0.6 is 11.8 Å². The SMILES string of the molecule is CN(C)C(=O)Nc1ccc(CNCl)cc1. The number of hydrogen-bond acceptors (Lipinski definition) is 2. The standard InChI is InChI=1S/C10H14ClN3O/c1-14(2)10(15)13-9-5-3-8(4-6-9)7-12-11/h3-6,12H,7H2,1-2H3,(H,13,15). The average Bonchev–Trinajstić information content (AvgIpc) is 2.21. The van der Waals surface area contributed by atoms with Gasteiger partial charge in [-0.25, -0.2) is 9.63 Å². The van der Waals surface area contributed by atoms with Gasteiger partial charge >= 0.3 is 6.03 Å². The fourth-order valence-corrected chi connectivity index (χ4v) is 1.17. The molecule has 0 aromatic heterocycles. The van der Waals surface area contributed by atoms with Gasteiger partial charge in [0, 0.05) is 26.3 Å². The van der Waals surface area contributed by atoms with Gasteiger partial charge in [-0.05, 0) is 29.5 Å². The Bertz CT molecular complexity index is 324. The molecule has 1 aromatic rings. The van der Waals surface area contributed by atoms with Gasteiger partial charge < -0.3 is 10.2 Å². The Kier molecular flexibility index (Phi) is 4.39. The van der Waals surface area contributed by atoms with Crippen LogP contribution in [0, 0.1) is 0 Å². The van der Waals surface area contributed by atoms with E-state index in [1.165, 1.54) is 4.90 Å². The van der Waals surface area contributed by atoms with Crippen molar-refractivity contribution in [3.8, 4) is 0 Å². The highest BCUT2D eigenvalue weighted by Crippen LogP contribution is 2.09. The lowest BCUT2D eigenvalue weighted by Gasteiger charge is -2.12. The van der Waals surface area contributed by atoms with E-state index < -0.39 is 0 Å². The first-order chi connectivity index (χ1) is 7.13. The number of hydrogen-bond donors (Lipinski definition) is 2. The number of urea groups is 1. The van der Waals surface area contributed by atoms with E-state index in [1.54, 1.807) is 14.1 Å². The van der Waals surface area contributed by atoms with E-state index in [-0.39, 0.29) is 6.03 Å². The maximum absolute atomic E-state index is 11.3. The number of amides is 2. The number of halogens is 1. The van der Waals surface area contributed by atoms with Crippen molar-refractivity contribution in [2.75, 3.05) is 19.4 Å². The maximum Gasteiger partial charge on any atom is 0.321 e. The van der Waals surface area contributed by atoms with Gasteiger partial charge in [0.1, 0.15) is 0 Å². The Labute approximate surface area is 94.3 Å². The number of rotatable bonds is 3. The quantitative estimate of drug-likeness (QED) is 0.776. The molecule has 15 heavy (non-hydrogen) atoms. The predicted molar refractivity (Wildman–Crippen MR) is 61.8 cm³/mol. The molecule has 0 unspecified atom stereocenters. The molecule has 0 atom stereocenters. The molecule has 1 rings (SSSR count). The van der Waals surface area contributed by atoms with Crippen LogP contribution in [0.25, 0.3) is 0 Å². The van der Waals surface area contributed by atoms with Crippen LogP contribution in [0.5, 0.6) is 0 Å². The molecule has 0 aliphatic rings. The molecule has 0 aliphatic carbocycles. The summed E-state index contributed by atoms with van der Waals surface area (Å²) in [6.07, 6.45) is 0. The molecule has 4 nitrogen and oxygen atoms in total. The number of nitrogens with one attached hydrogen (secondary N) is 2. The van der Waals surface area contributed by atoms with E-state index in [1.807, 2.05) is 24.3 Å². The maximum atomic E-state index is 11.3. The average molecular weight is 228 g/mol. The second-order valence-electron chi connectivity index (χ2n) is 3.33. The second-order valence-corrected chi connectivity index (χ2v) is 3.60. The van der Waals surface area contributed by atoms with Crippen LogP contribution in [0.3, 0.4) is 0 Å². The Hall–Kier alpha value is -1.26. The molecule has 0 aliphatic heterocycles. The van der Waals surface area contributed by atoms with Gasteiger partial charge in [0.05, 0.1) is 0 Å². The molecule has 2 amide bonds. The Balaban J connectivity index is 2.60. The molecule has 82 valence electrons. The molecule has 0 saturated carbocycles. The van der Waals surface area contributed by atoms with Crippen LogP contribution in [-0.2, 0) is 6.54 Å². The molecule has 0 heterocycles. The van der Waals surface area contributed by atoms with E-state index in [9.17, 15) is 4.79 Å². The lowest BCUT2D eigenvalue weighted by atomic mass is 10.2. The minimum absolute atomic E-state index is 0.141. The first kappa shape index (κ1) is 11.8. The summed E-state index contributed by atoms with van der Waals surface area (Å²) in [6, 6.07) is 7.34. The first-order valence-electron chi connectivity index (χ1n) is 4.54. The molecule has 0 fully saturated rings. The normalized spacial score (nSPS) is 9.80. The largest absolute Gasteiger partial charge is 0.331 e. The predicted octanol–water partition coefficient (Wildman–Crippen LogP) is 2.02. The smallest absolute Gasteiger partial charge is 0.321 e. The molecule has 0 radical (unpaired) electrons. The van der Waals surface area contributed by atoms with E-state index in [2.05, 4.69) is 10.2 Å². The minimum Gasteiger partial charge on any atom is -0.331 e. The first-order valence-corrected chi connectivity index (χ1v) is 4.92. The number of nitrogens with zero attached hydrogens (tertiary/aromatic N) is 1. The van der Waals surface area contributed by atoms with Gasteiger partial charge in [0.15, 0.2) is 0 Å². The van der Waals surface area contributed by atoms with Gasteiger partial charge in [-0.2, -0.15) is 0 Å². The van der Waals surface area contributed by atoms with Crippen LogP contribution in [0.15, 0.2) is 24.3 Å². The zero-order valence-corrected chi connectivity index (χ0v) is 9.51. The van der Waals surface area contributed by atoms with Crippen molar-refractivity contribution >= 4 is 23.5 Å². The lowest BCUT2D eigenvalue weighted by molar-refractivity contribution is 0.230. The molecule has 2 N–H and O–H groups in total. The summed E-state index contributed by atoms with van der Waals surface area (Å²) in [5.74, 6) is 0. The third-order valence-corrected chi connectivity index (χ3v) is 2.02. The highest BCUT2D eigenvalue weighted by Gasteiger charge is 2.02. The van der Waals surface area contributed by atoms with Gasteiger partial charge in [-0.3, -0.25) is 0 Å². The summed E-state index contributed by atoms with van der Waals surface area (Å²) in [5.41, 5.74) is 1.83. The van der Waals surface area contributed by atoms with Crippen molar-refractivity contribution in [1.82, 2.24) is 9.74 Å².